The second-order valence-electron chi connectivity index (χ2n) is 6.64. The van der Waals surface area contributed by atoms with Crippen molar-refractivity contribution in [2.24, 2.45) is 16.1 Å². The highest BCUT2D eigenvalue weighted by Gasteiger charge is 2.36. The summed E-state index contributed by atoms with van der Waals surface area (Å²) in [7, 11) is 0. The fourth-order valence-corrected chi connectivity index (χ4v) is 3.36. The van der Waals surface area contributed by atoms with E-state index in [-0.39, 0.29) is 12.0 Å². The van der Waals surface area contributed by atoms with Crippen LogP contribution in [0.3, 0.4) is 0 Å². The number of nitrogens with two attached hydrogens (primary N) is 1. The van der Waals surface area contributed by atoms with E-state index in [9.17, 15) is 5.11 Å². The van der Waals surface area contributed by atoms with Crippen LogP contribution in [0.4, 0.5) is 5.69 Å². The highest BCUT2D eigenvalue weighted by molar-refractivity contribution is 6.30. The van der Waals surface area contributed by atoms with Crippen molar-refractivity contribution in [1.29, 1.82) is 0 Å². The molecule has 6 heteroatoms. The first-order chi connectivity index (χ1) is 11.1. The topological polar surface area (TPSA) is 65.1 Å². The first-order valence-electron chi connectivity index (χ1n) is 8.28. The Morgan fingerprint density at radius 2 is 1.83 bits per heavy atom. The van der Waals surface area contributed by atoms with Gasteiger partial charge in [0.15, 0.2) is 5.96 Å². The Kier molecular flexibility index (Phi) is 4.97. The summed E-state index contributed by atoms with van der Waals surface area (Å²) in [6, 6.07) is 7.95. The van der Waals surface area contributed by atoms with Crippen LogP contribution in [-0.2, 0) is 0 Å². The van der Waals surface area contributed by atoms with Crippen LogP contribution in [0.25, 0.3) is 0 Å². The summed E-state index contributed by atoms with van der Waals surface area (Å²) in [6.07, 6.45) is 3.31. The van der Waals surface area contributed by atoms with E-state index in [4.69, 9.17) is 17.3 Å². The van der Waals surface area contributed by atoms with Crippen LogP contribution in [0, 0.1) is 5.41 Å². The standard InChI is InChI=1S/C17H25ClN4O/c18-14-2-4-15(5-3-14)21-8-10-22(11-9-21)16(19)20-12-17(13-23)6-1-7-17/h2-5,23H,1,6-13H2,(H2,19,20). The van der Waals surface area contributed by atoms with E-state index in [1.54, 1.807) is 0 Å². The molecule has 5 nitrogen and oxygen atoms in total. The molecule has 0 aromatic heterocycles. The van der Waals surface area contributed by atoms with Crippen molar-refractivity contribution in [3.8, 4) is 0 Å². The Bertz CT molecular complexity index is 543. The Morgan fingerprint density at radius 1 is 1.17 bits per heavy atom. The van der Waals surface area contributed by atoms with Gasteiger partial charge in [-0.3, -0.25) is 4.99 Å². The number of hydrogen-bond acceptors (Lipinski definition) is 3. The summed E-state index contributed by atoms with van der Waals surface area (Å²) in [4.78, 5) is 9.02. The molecule has 1 saturated carbocycles. The number of nitrogens with zero attached hydrogens (tertiary/aromatic N) is 3. The highest BCUT2D eigenvalue weighted by Crippen LogP contribution is 2.40. The molecular weight excluding hydrogens is 312 g/mol. The van der Waals surface area contributed by atoms with Gasteiger partial charge in [-0.25, -0.2) is 0 Å². The minimum Gasteiger partial charge on any atom is -0.396 e. The Morgan fingerprint density at radius 3 is 2.35 bits per heavy atom. The lowest BCUT2D eigenvalue weighted by Crippen LogP contribution is -2.51. The van der Waals surface area contributed by atoms with E-state index in [2.05, 4.69) is 26.9 Å². The van der Waals surface area contributed by atoms with E-state index in [0.717, 1.165) is 44.0 Å². The number of hydrogen-bond donors (Lipinski definition) is 2. The van der Waals surface area contributed by atoms with Crippen LogP contribution in [0.1, 0.15) is 19.3 Å². The molecule has 23 heavy (non-hydrogen) atoms. The number of aliphatic hydroxyl groups is 1. The van der Waals surface area contributed by atoms with Gasteiger partial charge in [0.1, 0.15) is 0 Å². The van der Waals surface area contributed by atoms with Gasteiger partial charge >= 0.3 is 0 Å². The third kappa shape index (κ3) is 3.72. The molecule has 1 aromatic carbocycles. The number of guanidine groups is 1. The van der Waals surface area contributed by atoms with Gasteiger partial charge < -0.3 is 20.6 Å². The van der Waals surface area contributed by atoms with Crippen LogP contribution < -0.4 is 10.6 Å². The maximum atomic E-state index is 9.50. The quantitative estimate of drug-likeness (QED) is 0.651. The largest absolute Gasteiger partial charge is 0.396 e. The van der Waals surface area contributed by atoms with E-state index in [0.29, 0.717) is 12.5 Å². The van der Waals surface area contributed by atoms with Crippen LogP contribution in [0.5, 0.6) is 0 Å². The van der Waals surface area contributed by atoms with Crippen molar-refractivity contribution in [2.45, 2.75) is 19.3 Å². The molecule has 0 radical (unpaired) electrons. The van der Waals surface area contributed by atoms with Gasteiger partial charge in [-0.2, -0.15) is 0 Å². The Labute approximate surface area is 142 Å². The maximum absolute atomic E-state index is 9.50. The van der Waals surface area contributed by atoms with Gasteiger partial charge in [0.2, 0.25) is 0 Å². The molecule has 0 bridgehead atoms. The number of anilines is 1. The number of aliphatic hydroxyl groups excluding tert-OH is 1. The monoisotopic (exact) mass is 336 g/mol. The molecular formula is C17H25ClN4O. The number of piperazine rings is 1. The van der Waals surface area contributed by atoms with Crippen molar-refractivity contribution < 1.29 is 5.11 Å². The SMILES string of the molecule is NC(=NCC1(CO)CCC1)N1CCN(c2ccc(Cl)cc2)CC1. The first kappa shape index (κ1) is 16.4. The molecule has 2 fully saturated rings. The average Bonchev–Trinajstić information content (AvgIpc) is 2.55. The molecule has 0 unspecified atom stereocenters. The molecule has 0 spiro atoms. The zero-order valence-corrected chi connectivity index (χ0v) is 14.2. The minimum absolute atomic E-state index is 0.00422. The smallest absolute Gasteiger partial charge is 0.191 e. The summed E-state index contributed by atoms with van der Waals surface area (Å²) < 4.78 is 0. The van der Waals surface area contributed by atoms with Gasteiger partial charge in [-0.1, -0.05) is 18.0 Å². The van der Waals surface area contributed by atoms with Crippen LogP contribution in [-0.4, -0.2) is 55.3 Å². The molecule has 1 saturated heterocycles. The van der Waals surface area contributed by atoms with Gasteiger partial charge in [0.05, 0.1) is 13.2 Å². The average molecular weight is 337 g/mol. The lowest BCUT2D eigenvalue weighted by atomic mass is 9.69. The molecule has 1 aliphatic carbocycles. The van der Waals surface area contributed by atoms with Crippen LogP contribution in [0.2, 0.25) is 5.02 Å². The van der Waals surface area contributed by atoms with Crippen LogP contribution in [0.15, 0.2) is 29.3 Å². The number of benzene rings is 1. The molecule has 0 amide bonds. The second-order valence-corrected chi connectivity index (χ2v) is 7.07. The highest BCUT2D eigenvalue weighted by atomic mass is 35.5. The Balaban J connectivity index is 1.52. The van der Waals surface area contributed by atoms with Gasteiger partial charge in [-0.05, 0) is 37.1 Å². The van der Waals surface area contributed by atoms with Crippen molar-refractivity contribution in [3.63, 3.8) is 0 Å². The van der Waals surface area contributed by atoms with Crippen molar-refractivity contribution >= 4 is 23.2 Å². The second kappa shape index (κ2) is 6.97. The first-order valence-corrected chi connectivity index (χ1v) is 8.66. The third-order valence-corrected chi connectivity index (χ3v) is 5.37. The Hall–Kier alpha value is -1.46. The lowest BCUT2D eigenvalue weighted by molar-refractivity contribution is 0.0537. The molecule has 3 N–H and O–H groups in total. The molecule has 3 rings (SSSR count). The molecule has 1 aliphatic heterocycles. The molecule has 1 aromatic rings. The molecule has 0 atom stereocenters. The lowest BCUT2D eigenvalue weighted by Gasteiger charge is -2.40. The van der Waals surface area contributed by atoms with Crippen molar-refractivity contribution in [1.82, 2.24) is 4.90 Å². The predicted molar refractivity (Wildman–Crippen MR) is 95.1 cm³/mol. The summed E-state index contributed by atoms with van der Waals surface area (Å²) in [5, 5.41) is 10.3. The van der Waals surface area contributed by atoms with Gasteiger partial charge in [0.25, 0.3) is 0 Å². The summed E-state index contributed by atoms with van der Waals surface area (Å²) in [6.45, 7) is 4.43. The number of rotatable bonds is 4. The molecule has 2 aliphatic rings. The number of halogens is 1. The summed E-state index contributed by atoms with van der Waals surface area (Å²) in [5.41, 5.74) is 7.34. The normalized spacial score (nSPS) is 21.2. The zero-order valence-electron chi connectivity index (χ0n) is 13.4. The molecule has 126 valence electrons. The maximum Gasteiger partial charge on any atom is 0.191 e. The minimum atomic E-state index is -0.00422. The third-order valence-electron chi connectivity index (χ3n) is 5.12. The van der Waals surface area contributed by atoms with Gasteiger partial charge in [-0.15, -0.1) is 0 Å². The van der Waals surface area contributed by atoms with Crippen molar-refractivity contribution in [2.75, 3.05) is 44.2 Å². The zero-order chi connectivity index (χ0) is 16.3. The summed E-state index contributed by atoms with van der Waals surface area (Å²) >= 11 is 5.94. The fourth-order valence-electron chi connectivity index (χ4n) is 3.24. The van der Waals surface area contributed by atoms with E-state index < -0.39 is 0 Å². The van der Waals surface area contributed by atoms with Crippen molar-refractivity contribution in [3.05, 3.63) is 29.3 Å². The van der Waals surface area contributed by atoms with Gasteiger partial charge in [0, 0.05) is 42.3 Å². The predicted octanol–water partition coefficient (Wildman–Crippen LogP) is 1.94. The summed E-state index contributed by atoms with van der Waals surface area (Å²) in [5.74, 6) is 0.612. The molecule has 1 heterocycles. The fraction of sp³-hybridized carbons (Fsp3) is 0.588. The number of aliphatic imine (C=N–C) groups is 1. The van der Waals surface area contributed by atoms with E-state index in [1.807, 2.05) is 12.1 Å². The van der Waals surface area contributed by atoms with E-state index >= 15 is 0 Å². The van der Waals surface area contributed by atoms with E-state index in [1.165, 1.54) is 12.1 Å². The van der Waals surface area contributed by atoms with Crippen LogP contribution >= 0.6 is 11.6 Å².